The number of aromatic nitrogens is 3. The fraction of sp³-hybridized carbons (Fsp3) is 0.333. The first kappa shape index (κ1) is 25.9. The Morgan fingerprint density at radius 3 is 2.65 bits per heavy atom. The number of benzene rings is 1. The highest BCUT2D eigenvalue weighted by molar-refractivity contribution is 5.99. The lowest BCUT2D eigenvalue weighted by Gasteiger charge is -2.29. The maximum absolute atomic E-state index is 12.8. The van der Waals surface area contributed by atoms with Crippen LogP contribution in [-0.4, -0.2) is 65.2 Å². The molecular formula is C27H33N7O3. The van der Waals surface area contributed by atoms with E-state index in [1.54, 1.807) is 12.1 Å². The third kappa shape index (κ3) is 7.40. The average molecular weight is 504 g/mol. The first-order valence-electron chi connectivity index (χ1n) is 12.4. The molecule has 0 unspecified atom stereocenters. The quantitative estimate of drug-likeness (QED) is 0.332. The molecule has 2 aromatic heterocycles. The number of hydrogen-bond acceptors (Lipinski definition) is 9. The molecule has 1 aliphatic heterocycles. The number of nitrogens with zero attached hydrogens (tertiary/aromatic N) is 4. The zero-order valence-electron chi connectivity index (χ0n) is 21.2. The van der Waals surface area contributed by atoms with E-state index in [0.717, 1.165) is 37.4 Å². The Morgan fingerprint density at radius 1 is 1.14 bits per heavy atom. The summed E-state index contributed by atoms with van der Waals surface area (Å²) in [5.41, 5.74) is 1.06. The largest absolute Gasteiger partial charge is 0.494 e. The number of rotatable bonds is 11. The van der Waals surface area contributed by atoms with Crippen molar-refractivity contribution in [2.24, 2.45) is 0 Å². The maximum Gasteiger partial charge on any atom is 0.256 e. The van der Waals surface area contributed by atoms with E-state index in [-0.39, 0.29) is 17.6 Å². The molecule has 3 aromatic rings. The van der Waals surface area contributed by atoms with E-state index < -0.39 is 0 Å². The van der Waals surface area contributed by atoms with Gasteiger partial charge in [-0.15, -0.1) is 6.58 Å². The number of amides is 1. The molecule has 10 nitrogen and oxygen atoms in total. The van der Waals surface area contributed by atoms with Gasteiger partial charge in [-0.1, -0.05) is 12.1 Å². The van der Waals surface area contributed by atoms with Crippen LogP contribution in [0.3, 0.4) is 0 Å². The van der Waals surface area contributed by atoms with E-state index in [4.69, 9.17) is 9.47 Å². The van der Waals surface area contributed by atoms with E-state index in [1.165, 1.54) is 6.20 Å². The lowest BCUT2D eigenvalue weighted by molar-refractivity contribution is 0.0958. The third-order valence-corrected chi connectivity index (χ3v) is 5.78. The normalized spacial score (nSPS) is 14.0. The van der Waals surface area contributed by atoms with Crippen molar-refractivity contribution in [2.75, 3.05) is 43.9 Å². The topological polar surface area (TPSA) is 114 Å². The number of likely N-dealkylation sites (tertiary alicyclic amines) is 1. The lowest BCUT2D eigenvalue weighted by atomic mass is 10.1. The van der Waals surface area contributed by atoms with Gasteiger partial charge >= 0.3 is 0 Å². The van der Waals surface area contributed by atoms with Gasteiger partial charge in [0.15, 0.2) is 0 Å². The smallest absolute Gasteiger partial charge is 0.256 e. The first-order valence-corrected chi connectivity index (χ1v) is 12.4. The van der Waals surface area contributed by atoms with Crippen molar-refractivity contribution >= 4 is 29.2 Å². The fourth-order valence-electron chi connectivity index (χ4n) is 3.84. The van der Waals surface area contributed by atoms with E-state index >= 15 is 0 Å². The molecule has 4 rings (SSSR count). The van der Waals surface area contributed by atoms with Crippen LogP contribution in [-0.2, 0) is 0 Å². The number of carbonyl (C=O) groups excluding carboxylic acids is 1. The molecule has 1 fully saturated rings. The summed E-state index contributed by atoms with van der Waals surface area (Å²) in [4.78, 5) is 28.6. The maximum atomic E-state index is 12.8. The summed E-state index contributed by atoms with van der Waals surface area (Å²) >= 11 is 0. The van der Waals surface area contributed by atoms with Crippen molar-refractivity contribution in [3.63, 3.8) is 0 Å². The van der Waals surface area contributed by atoms with Crippen LogP contribution in [0.15, 0.2) is 61.3 Å². The zero-order valence-corrected chi connectivity index (χ0v) is 21.2. The van der Waals surface area contributed by atoms with Crippen molar-refractivity contribution < 1.29 is 14.3 Å². The van der Waals surface area contributed by atoms with Gasteiger partial charge in [0, 0.05) is 37.6 Å². The van der Waals surface area contributed by atoms with E-state index in [1.807, 2.05) is 43.3 Å². The number of hydrogen-bond donors (Lipinski definition) is 3. The van der Waals surface area contributed by atoms with Gasteiger partial charge in [-0.25, -0.2) is 4.98 Å². The van der Waals surface area contributed by atoms with Crippen LogP contribution < -0.4 is 25.4 Å². The Bertz CT molecular complexity index is 1190. The summed E-state index contributed by atoms with van der Waals surface area (Å²) in [5.74, 6) is 2.13. The molecule has 0 radical (unpaired) electrons. The Labute approximate surface area is 217 Å². The van der Waals surface area contributed by atoms with Crippen LogP contribution in [0.5, 0.6) is 11.6 Å². The standard InChI is InChI=1S/C27H33N7O3/c1-4-15-28-26(35)22-18-29-27(30-19-9-11-20(12-10-19)36-5-2)33-25(22)32-23-7-6-8-24(31-23)37-21-13-16-34(3)17-14-21/h4,6-12,18,21H,1,5,13-17H2,2-3H3,(H,28,35)(H2,29,30,31,32,33). The number of anilines is 4. The molecule has 10 heteroatoms. The summed E-state index contributed by atoms with van der Waals surface area (Å²) in [6, 6.07) is 13.0. The Morgan fingerprint density at radius 2 is 1.92 bits per heavy atom. The van der Waals surface area contributed by atoms with Crippen molar-refractivity contribution in [1.82, 2.24) is 25.2 Å². The molecule has 3 N–H and O–H groups in total. The highest BCUT2D eigenvalue weighted by Gasteiger charge is 2.19. The van der Waals surface area contributed by atoms with Gasteiger partial charge in [0.25, 0.3) is 5.91 Å². The molecular weight excluding hydrogens is 470 g/mol. The number of nitrogens with one attached hydrogen (secondary N) is 3. The van der Waals surface area contributed by atoms with E-state index in [0.29, 0.717) is 36.6 Å². The second kappa shape index (κ2) is 12.7. The minimum absolute atomic E-state index is 0.128. The van der Waals surface area contributed by atoms with Crippen molar-refractivity contribution in [1.29, 1.82) is 0 Å². The van der Waals surface area contributed by atoms with Gasteiger partial charge in [0.2, 0.25) is 11.8 Å². The van der Waals surface area contributed by atoms with Crippen molar-refractivity contribution in [3.8, 4) is 11.6 Å². The molecule has 194 valence electrons. The Hall–Kier alpha value is -4.18. The minimum atomic E-state index is -0.325. The molecule has 1 aromatic carbocycles. The minimum Gasteiger partial charge on any atom is -0.494 e. The van der Waals surface area contributed by atoms with Crippen molar-refractivity contribution in [3.05, 3.63) is 66.9 Å². The molecule has 0 atom stereocenters. The summed E-state index contributed by atoms with van der Waals surface area (Å²) in [6.07, 6.45) is 5.12. The summed E-state index contributed by atoms with van der Waals surface area (Å²) in [7, 11) is 2.11. The van der Waals surface area contributed by atoms with E-state index in [2.05, 4.69) is 49.4 Å². The highest BCUT2D eigenvalue weighted by Crippen LogP contribution is 2.24. The summed E-state index contributed by atoms with van der Waals surface area (Å²) in [6.45, 7) is 8.50. The highest BCUT2D eigenvalue weighted by atomic mass is 16.5. The zero-order chi connectivity index (χ0) is 26.0. The molecule has 0 spiro atoms. The molecule has 3 heterocycles. The number of pyridine rings is 1. The number of piperidine rings is 1. The average Bonchev–Trinajstić information content (AvgIpc) is 2.90. The second-order valence-electron chi connectivity index (χ2n) is 8.64. The van der Waals surface area contributed by atoms with Crippen LogP contribution >= 0.6 is 0 Å². The molecule has 1 aliphatic rings. The van der Waals surface area contributed by atoms with Crippen LogP contribution in [0, 0.1) is 0 Å². The summed E-state index contributed by atoms with van der Waals surface area (Å²) in [5, 5.41) is 9.10. The van der Waals surface area contributed by atoms with Gasteiger partial charge in [0.05, 0.1) is 6.61 Å². The molecule has 37 heavy (non-hydrogen) atoms. The van der Waals surface area contributed by atoms with Crippen LogP contribution in [0.1, 0.15) is 30.1 Å². The predicted molar refractivity (Wildman–Crippen MR) is 144 cm³/mol. The monoisotopic (exact) mass is 503 g/mol. The Kier molecular flexibility index (Phi) is 8.88. The second-order valence-corrected chi connectivity index (χ2v) is 8.64. The van der Waals surface area contributed by atoms with Crippen LogP contribution in [0.25, 0.3) is 0 Å². The van der Waals surface area contributed by atoms with Gasteiger partial charge in [0.1, 0.15) is 29.1 Å². The Balaban J connectivity index is 1.53. The van der Waals surface area contributed by atoms with Gasteiger partial charge < -0.3 is 30.3 Å². The SMILES string of the molecule is C=CCNC(=O)c1cnc(Nc2ccc(OCC)cc2)nc1Nc1cccc(OC2CCN(C)CC2)n1. The fourth-order valence-corrected chi connectivity index (χ4v) is 3.84. The van der Waals surface area contributed by atoms with Gasteiger partial charge in [-0.3, -0.25) is 4.79 Å². The molecule has 1 amide bonds. The van der Waals surface area contributed by atoms with Gasteiger partial charge in [-0.2, -0.15) is 9.97 Å². The lowest BCUT2D eigenvalue weighted by Crippen LogP contribution is -2.35. The van der Waals surface area contributed by atoms with E-state index in [9.17, 15) is 4.79 Å². The van der Waals surface area contributed by atoms with Crippen LogP contribution in [0.2, 0.25) is 0 Å². The van der Waals surface area contributed by atoms with Crippen molar-refractivity contribution in [2.45, 2.75) is 25.9 Å². The molecule has 0 saturated carbocycles. The first-order chi connectivity index (χ1) is 18.0. The summed E-state index contributed by atoms with van der Waals surface area (Å²) < 4.78 is 11.6. The number of ether oxygens (including phenoxy) is 2. The molecule has 0 bridgehead atoms. The predicted octanol–water partition coefficient (Wildman–Crippen LogP) is 4.15. The van der Waals surface area contributed by atoms with Crippen LogP contribution in [0.4, 0.5) is 23.3 Å². The van der Waals surface area contributed by atoms with Gasteiger partial charge in [-0.05, 0) is 57.1 Å². The number of carbonyl (C=O) groups is 1. The molecule has 1 saturated heterocycles. The third-order valence-electron chi connectivity index (χ3n) is 5.78. The molecule has 0 aliphatic carbocycles.